The van der Waals surface area contributed by atoms with Crippen molar-refractivity contribution in [1.82, 2.24) is 10.0 Å². The summed E-state index contributed by atoms with van der Waals surface area (Å²) < 4.78 is 33.2. The molecule has 1 atom stereocenters. The van der Waals surface area contributed by atoms with Gasteiger partial charge in [-0.05, 0) is 33.1 Å². The first-order valence-electron chi connectivity index (χ1n) is 7.15. The molecule has 1 aromatic rings. The molecule has 0 spiro atoms. The average molecular weight is 335 g/mol. The molecule has 0 aliphatic carbocycles. The second kappa shape index (κ2) is 8.22. The van der Waals surface area contributed by atoms with E-state index in [1.165, 1.54) is 0 Å². The molecule has 122 valence electrons. The molecule has 0 aliphatic heterocycles. The Kier molecular flexibility index (Phi) is 7.26. The number of aryl methyl sites for hydroxylation is 2. The standard InChI is InChI=1S/C14H26N2O3S2/c1-6-15-9-13-11(3)19-12(4)14(13)21(17,18)16-8-7-10(2)20-5/h10,15-16H,6-9H2,1-5H3. The van der Waals surface area contributed by atoms with Gasteiger partial charge in [-0.2, -0.15) is 11.8 Å². The van der Waals surface area contributed by atoms with E-state index >= 15 is 0 Å². The maximum Gasteiger partial charge on any atom is 0.244 e. The monoisotopic (exact) mass is 334 g/mol. The van der Waals surface area contributed by atoms with Crippen LogP contribution < -0.4 is 10.0 Å². The Bertz CT molecular complexity index is 553. The second-order valence-corrected chi connectivity index (χ2v) is 8.02. The van der Waals surface area contributed by atoms with Gasteiger partial charge in [0.1, 0.15) is 16.4 Å². The molecular formula is C14H26N2O3S2. The van der Waals surface area contributed by atoms with E-state index in [4.69, 9.17) is 4.42 Å². The summed E-state index contributed by atoms with van der Waals surface area (Å²) >= 11 is 1.73. The van der Waals surface area contributed by atoms with Crippen LogP contribution in [0.25, 0.3) is 0 Å². The van der Waals surface area contributed by atoms with Gasteiger partial charge in [0.05, 0.1) is 0 Å². The first-order chi connectivity index (χ1) is 9.83. The van der Waals surface area contributed by atoms with Gasteiger partial charge in [-0.1, -0.05) is 13.8 Å². The fraction of sp³-hybridized carbons (Fsp3) is 0.714. The smallest absolute Gasteiger partial charge is 0.244 e. The van der Waals surface area contributed by atoms with Gasteiger partial charge in [0, 0.05) is 23.9 Å². The summed E-state index contributed by atoms with van der Waals surface area (Å²) in [4.78, 5) is 0.290. The summed E-state index contributed by atoms with van der Waals surface area (Å²) in [5, 5.41) is 3.59. The van der Waals surface area contributed by atoms with Gasteiger partial charge in [-0.25, -0.2) is 13.1 Å². The Labute approximate surface area is 132 Å². The van der Waals surface area contributed by atoms with Crippen molar-refractivity contribution in [3.05, 3.63) is 17.1 Å². The van der Waals surface area contributed by atoms with Crippen LogP contribution in [0.5, 0.6) is 0 Å². The lowest BCUT2D eigenvalue weighted by Crippen LogP contribution is -2.28. The maximum atomic E-state index is 12.5. The lowest BCUT2D eigenvalue weighted by atomic mass is 10.2. The zero-order valence-electron chi connectivity index (χ0n) is 13.4. The van der Waals surface area contributed by atoms with Crippen LogP contribution in [0.15, 0.2) is 9.31 Å². The van der Waals surface area contributed by atoms with Crippen LogP contribution in [0.4, 0.5) is 0 Å². The average Bonchev–Trinajstić information content (AvgIpc) is 2.70. The van der Waals surface area contributed by atoms with Crippen molar-refractivity contribution >= 4 is 21.8 Å². The maximum absolute atomic E-state index is 12.5. The Morgan fingerprint density at radius 2 is 1.95 bits per heavy atom. The summed E-state index contributed by atoms with van der Waals surface area (Å²) in [6, 6.07) is 0. The van der Waals surface area contributed by atoms with E-state index < -0.39 is 10.0 Å². The van der Waals surface area contributed by atoms with Gasteiger partial charge < -0.3 is 9.73 Å². The molecule has 2 N–H and O–H groups in total. The minimum Gasteiger partial charge on any atom is -0.465 e. The quantitative estimate of drug-likeness (QED) is 0.726. The molecule has 7 heteroatoms. The Balaban J connectivity index is 2.91. The molecule has 21 heavy (non-hydrogen) atoms. The van der Waals surface area contributed by atoms with Gasteiger partial charge in [-0.3, -0.25) is 0 Å². The van der Waals surface area contributed by atoms with Crippen molar-refractivity contribution in [3.8, 4) is 0 Å². The molecule has 1 rings (SSSR count). The number of sulfonamides is 1. The first-order valence-corrected chi connectivity index (χ1v) is 9.92. The third-order valence-electron chi connectivity index (χ3n) is 3.39. The third kappa shape index (κ3) is 5.02. The van der Waals surface area contributed by atoms with Crippen molar-refractivity contribution in [2.24, 2.45) is 0 Å². The van der Waals surface area contributed by atoms with E-state index in [0.717, 1.165) is 18.5 Å². The minimum absolute atomic E-state index is 0.290. The fourth-order valence-electron chi connectivity index (χ4n) is 2.10. The molecule has 0 aromatic carbocycles. The van der Waals surface area contributed by atoms with Gasteiger partial charge in [0.2, 0.25) is 10.0 Å². The van der Waals surface area contributed by atoms with Crippen molar-refractivity contribution < 1.29 is 12.8 Å². The summed E-state index contributed by atoms with van der Waals surface area (Å²) in [7, 11) is -3.53. The van der Waals surface area contributed by atoms with Crippen LogP contribution in [0.3, 0.4) is 0 Å². The van der Waals surface area contributed by atoms with Gasteiger partial charge in [-0.15, -0.1) is 0 Å². The van der Waals surface area contributed by atoms with Crippen LogP contribution in [0.1, 0.15) is 37.4 Å². The largest absolute Gasteiger partial charge is 0.465 e. The highest BCUT2D eigenvalue weighted by molar-refractivity contribution is 7.99. The molecule has 0 radical (unpaired) electrons. The molecule has 5 nitrogen and oxygen atoms in total. The van der Waals surface area contributed by atoms with Crippen molar-refractivity contribution in [2.75, 3.05) is 19.3 Å². The Morgan fingerprint density at radius 3 is 2.52 bits per heavy atom. The van der Waals surface area contributed by atoms with E-state index in [1.54, 1.807) is 25.6 Å². The Morgan fingerprint density at radius 1 is 1.29 bits per heavy atom. The molecule has 1 heterocycles. The van der Waals surface area contributed by atoms with E-state index in [9.17, 15) is 8.42 Å². The molecular weight excluding hydrogens is 308 g/mol. The van der Waals surface area contributed by atoms with Gasteiger partial charge >= 0.3 is 0 Å². The third-order valence-corrected chi connectivity index (χ3v) is 6.09. The Hall–Kier alpha value is -0.500. The van der Waals surface area contributed by atoms with E-state index in [-0.39, 0.29) is 4.90 Å². The molecule has 0 saturated carbocycles. The lowest BCUT2D eigenvalue weighted by molar-refractivity contribution is 0.493. The summed E-state index contributed by atoms with van der Waals surface area (Å²) in [5.74, 6) is 1.11. The van der Waals surface area contributed by atoms with Crippen LogP contribution in [0.2, 0.25) is 0 Å². The predicted octanol–water partition coefficient (Wildman–Crippen LogP) is 2.43. The number of rotatable bonds is 9. The number of nitrogens with one attached hydrogen (secondary N) is 2. The molecule has 0 bridgehead atoms. The molecule has 0 saturated heterocycles. The highest BCUT2D eigenvalue weighted by Crippen LogP contribution is 2.26. The van der Waals surface area contributed by atoms with Crippen molar-refractivity contribution in [3.63, 3.8) is 0 Å². The van der Waals surface area contributed by atoms with Crippen LogP contribution in [-0.2, 0) is 16.6 Å². The second-order valence-electron chi connectivity index (χ2n) is 5.04. The van der Waals surface area contributed by atoms with Crippen LogP contribution in [0, 0.1) is 13.8 Å². The molecule has 0 amide bonds. The van der Waals surface area contributed by atoms with E-state index in [0.29, 0.717) is 29.9 Å². The number of thioether (sulfide) groups is 1. The zero-order valence-corrected chi connectivity index (χ0v) is 15.1. The SMILES string of the molecule is CCNCc1c(C)oc(C)c1S(=O)(=O)NCCC(C)SC. The lowest BCUT2D eigenvalue weighted by Gasteiger charge is -2.11. The normalized spacial score (nSPS) is 13.6. The summed E-state index contributed by atoms with van der Waals surface area (Å²) in [5.41, 5.74) is 0.722. The molecule has 0 aliphatic rings. The van der Waals surface area contributed by atoms with Crippen molar-refractivity contribution in [1.29, 1.82) is 0 Å². The highest BCUT2D eigenvalue weighted by Gasteiger charge is 2.26. The topological polar surface area (TPSA) is 71.3 Å². The van der Waals surface area contributed by atoms with Crippen LogP contribution in [-0.4, -0.2) is 33.0 Å². The number of hydrogen-bond acceptors (Lipinski definition) is 5. The minimum atomic E-state index is -3.53. The number of hydrogen-bond donors (Lipinski definition) is 2. The molecule has 0 fully saturated rings. The fourth-order valence-corrected chi connectivity index (χ4v) is 3.95. The summed E-state index contributed by atoms with van der Waals surface area (Å²) in [6.45, 7) is 9.28. The zero-order chi connectivity index (χ0) is 16.0. The number of furan rings is 1. The molecule has 1 unspecified atom stereocenters. The van der Waals surface area contributed by atoms with E-state index in [2.05, 4.69) is 17.0 Å². The summed E-state index contributed by atoms with van der Waals surface area (Å²) in [6.07, 6.45) is 2.83. The van der Waals surface area contributed by atoms with Crippen LogP contribution >= 0.6 is 11.8 Å². The van der Waals surface area contributed by atoms with Gasteiger partial charge in [0.25, 0.3) is 0 Å². The van der Waals surface area contributed by atoms with E-state index in [1.807, 2.05) is 13.2 Å². The molecule has 1 aromatic heterocycles. The highest BCUT2D eigenvalue weighted by atomic mass is 32.2. The first kappa shape index (κ1) is 18.5. The van der Waals surface area contributed by atoms with Crippen molar-refractivity contribution in [2.45, 2.75) is 50.8 Å². The predicted molar refractivity (Wildman–Crippen MR) is 88.3 cm³/mol. The van der Waals surface area contributed by atoms with Gasteiger partial charge in [0.15, 0.2) is 0 Å².